The molecular weight excluding hydrogens is 228 g/mol. The molecule has 100 valence electrons. The van der Waals surface area contributed by atoms with E-state index in [4.69, 9.17) is 10.5 Å². The predicted molar refractivity (Wildman–Crippen MR) is 72.5 cm³/mol. The van der Waals surface area contributed by atoms with Gasteiger partial charge < -0.3 is 15.8 Å². The first-order chi connectivity index (χ1) is 8.61. The van der Waals surface area contributed by atoms with Crippen molar-refractivity contribution in [2.75, 3.05) is 19.7 Å². The zero-order valence-corrected chi connectivity index (χ0v) is 11.1. The molecule has 1 amide bonds. The Hall–Kier alpha value is -1.55. The lowest BCUT2D eigenvalue weighted by Crippen LogP contribution is -2.24. The number of carbonyl (C=O) groups is 1. The molecule has 0 spiro atoms. The van der Waals surface area contributed by atoms with Crippen LogP contribution in [0.15, 0.2) is 24.3 Å². The fraction of sp³-hybridized carbons (Fsp3) is 0.500. The lowest BCUT2D eigenvalue weighted by Gasteiger charge is -2.13. The molecule has 0 aliphatic carbocycles. The lowest BCUT2D eigenvalue weighted by atomic mass is 10.1. The first-order valence-corrected chi connectivity index (χ1v) is 6.32. The monoisotopic (exact) mass is 250 g/mol. The fourth-order valence-electron chi connectivity index (χ4n) is 1.59. The van der Waals surface area contributed by atoms with Gasteiger partial charge in [0.05, 0.1) is 13.0 Å². The highest BCUT2D eigenvalue weighted by atomic mass is 16.5. The van der Waals surface area contributed by atoms with Gasteiger partial charge in [-0.3, -0.25) is 4.79 Å². The predicted octanol–water partition coefficient (Wildman–Crippen LogP) is 1.34. The van der Waals surface area contributed by atoms with E-state index < -0.39 is 0 Å². The maximum Gasteiger partial charge on any atom is 0.221 e. The summed E-state index contributed by atoms with van der Waals surface area (Å²) in [4.78, 5) is 10.8. The van der Waals surface area contributed by atoms with Gasteiger partial charge in [0.1, 0.15) is 5.75 Å². The number of carbonyl (C=O) groups excluding carboxylic acids is 1. The Bertz CT molecular complexity index is 363. The van der Waals surface area contributed by atoms with E-state index in [1.807, 2.05) is 24.3 Å². The lowest BCUT2D eigenvalue weighted by molar-refractivity contribution is -0.117. The summed E-state index contributed by atoms with van der Waals surface area (Å²) in [7, 11) is 0. The van der Waals surface area contributed by atoms with Crippen LogP contribution in [0.5, 0.6) is 5.75 Å². The Morgan fingerprint density at radius 3 is 2.61 bits per heavy atom. The molecule has 1 rings (SSSR count). The molecule has 0 fully saturated rings. The number of ether oxygens (including phenoxy) is 1. The molecule has 4 heteroatoms. The van der Waals surface area contributed by atoms with Crippen LogP contribution in [0.4, 0.5) is 0 Å². The molecule has 4 nitrogen and oxygen atoms in total. The van der Waals surface area contributed by atoms with E-state index >= 15 is 0 Å². The summed E-state index contributed by atoms with van der Waals surface area (Å²) in [6.45, 7) is 6.85. The van der Waals surface area contributed by atoms with Crippen LogP contribution in [-0.2, 0) is 11.2 Å². The molecular formula is C14H22N2O2. The average Bonchev–Trinajstić information content (AvgIpc) is 2.35. The Morgan fingerprint density at radius 2 is 2.06 bits per heavy atom. The Kier molecular flexibility index (Phi) is 6.22. The van der Waals surface area contributed by atoms with Gasteiger partial charge in [-0.05, 0) is 24.2 Å². The van der Waals surface area contributed by atoms with E-state index in [2.05, 4.69) is 19.2 Å². The number of hydrogen-bond acceptors (Lipinski definition) is 3. The summed E-state index contributed by atoms with van der Waals surface area (Å²) in [5.41, 5.74) is 6.04. The third kappa shape index (κ3) is 5.68. The number of rotatable bonds is 8. The molecule has 1 aromatic rings. The number of nitrogens with one attached hydrogen (secondary N) is 1. The van der Waals surface area contributed by atoms with Gasteiger partial charge in [0, 0.05) is 12.5 Å². The summed E-state index contributed by atoms with van der Waals surface area (Å²) < 4.78 is 5.67. The third-order valence-electron chi connectivity index (χ3n) is 2.58. The van der Waals surface area contributed by atoms with Crippen molar-refractivity contribution in [3.63, 3.8) is 0 Å². The third-order valence-corrected chi connectivity index (χ3v) is 2.58. The zero-order chi connectivity index (χ0) is 13.4. The Balaban J connectivity index is 2.36. The minimum Gasteiger partial charge on any atom is -0.493 e. The van der Waals surface area contributed by atoms with E-state index in [0.29, 0.717) is 12.5 Å². The van der Waals surface area contributed by atoms with Crippen LogP contribution < -0.4 is 15.8 Å². The van der Waals surface area contributed by atoms with Gasteiger partial charge in [0.15, 0.2) is 0 Å². The van der Waals surface area contributed by atoms with Gasteiger partial charge in [-0.2, -0.15) is 0 Å². The van der Waals surface area contributed by atoms with E-state index in [-0.39, 0.29) is 12.3 Å². The summed E-state index contributed by atoms with van der Waals surface area (Å²) in [5.74, 6) is 0.977. The maximum absolute atomic E-state index is 10.8. The van der Waals surface area contributed by atoms with Crippen LogP contribution in [0.3, 0.4) is 0 Å². The molecule has 1 atom stereocenters. The molecule has 0 radical (unpaired) electrons. The van der Waals surface area contributed by atoms with Crippen LogP contribution >= 0.6 is 0 Å². The quantitative estimate of drug-likeness (QED) is 0.731. The molecule has 18 heavy (non-hydrogen) atoms. The van der Waals surface area contributed by atoms with Gasteiger partial charge in [-0.1, -0.05) is 26.0 Å². The second-order valence-corrected chi connectivity index (χ2v) is 4.51. The van der Waals surface area contributed by atoms with Crippen LogP contribution in [0.2, 0.25) is 0 Å². The highest BCUT2D eigenvalue weighted by molar-refractivity contribution is 5.76. The van der Waals surface area contributed by atoms with E-state index in [0.717, 1.165) is 24.4 Å². The van der Waals surface area contributed by atoms with Crippen molar-refractivity contribution in [2.24, 2.45) is 11.7 Å². The second kappa shape index (κ2) is 7.71. The molecule has 3 N–H and O–H groups in total. The number of primary amides is 1. The zero-order valence-electron chi connectivity index (χ0n) is 11.1. The van der Waals surface area contributed by atoms with Crippen molar-refractivity contribution in [2.45, 2.75) is 20.3 Å². The van der Waals surface area contributed by atoms with Crippen LogP contribution in [0, 0.1) is 5.92 Å². The van der Waals surface area contributed by atoms with Gasteiger partial charge in [-0.15, -0.1) is 0 Å². The molecule has 0 saturated carbocycles. The van der Waals surface area contributed by atoms with Crippen LogP contribution in [0.1, 0.15) is 19.4 Å². The average molecular weight is 250 g/mol. The molecule has 0 aliphatic heterocycles. The second-order valence-electron chi connectivity index (χ2n) is 4.51. The van der Waals surface area contributed by atoms with Gasteiger partial charge in [0.2, 0.25) is 5.91 Å². The minimum absolute atomic E-state index is 0.275. The SMILES string of the molecule is CCNC[C@@H](C)COc1ccc(CC(N)=O)cc1. The Labute approximate surface area is 109 Å². The smallest absolute Gasteiger partial charge is 0.221 e. The van der Waals surface area contributed by atoms with Gasteiger partial charge >= 0.3 is 0 Å². The first-order valence-electron chi connectivity index (χ1n) is 6.32. The topological polar surface area (TPSA) is 64.3 Å². The van der Waals surface area contributed by atoms with Crippen molar-refractivity contribution in [3.8, 4) is 5.75 Å². The first kappa shape index (κ1) is 14.5. The van der Waals surface area contributed by atoms with Gasteiger partial charge in [0.25, 0.3) is 0 Å². The molecule has 1 aromatic carbocycles. The van der Waals surface area contributed by atoms with Crippen molar-refractivity contribution in [3.05, 3.63) is 29.8 Å². The number of amides is 1. The summed E-state index contributed by atoms with van der Waals surface area (Å²) >= 11 is 0. The normalized spacial score (nSPS) is 12.1. The summed E-state index contributed by atoms with van der Waals surface area (Å²) in [5, 5.41) is 3.28. The highest BCUT2D eigenvalue weighted by Gasteiger charge is 2.03. The van der Waals surface area contributed by atoms with Crippen molar-refractivity contribution in [1.29, 1.82) is 0 Å². The van der Waals surface area contributed by atoms with Crippen molar-refractivity contribution < 1.29 is 9.53 Å². The molecule has 0 aliphatic rings. The van der Waals surface area contributed by atoms with Crippen molar-refractivity contribution >= 4 is 5.91 Å². The molecule has 0 saturated heterocycles. The number of benzene rings is 1. The summed E-state index contributed by atoms with van der Waals surface area (Å²) in [6.07, 6.45) is 0.275. The number of nitrogens with two attached hydrogens (primary N) is 1. The standard InChI is InChI=1S/C14H22N2O2/c1-3-16-9-11(2)10-18-13-6-4-12(5-7-13)8-14(15)17/h4-7,11,16H,3,8-10H2,1-2H3,(H2,15,17)/t11-/m1/s1. The highest BCUT2D eigenvalue weighted by Crippen LogP contribution is 2.13. The maximum atomic E-state index is 10.8. The molecule has 0 aromatic heterocycles. The van der Waals surface area contributed by atoms with Crippen LogP contribution in [0.25, 0.3) is 0 Å². The molecule has 0 heterocycles. The fourth-order valence-corrected chi connectivity index (χ4v) is 1.59. The largest absolute Gasteiger partial charge is 0.493 e. The van der Waals surface area contributed by atoms with Crippen molar-refractivity contribution in [1.82, 2.24) is 5.32 Å². The van der Waals surface area contributed by atoms with E-state index in [1.54, 1.807) is 0 Å². The van der Waals surface area contributed by atoms with E-state index in [1.165, 1.54) is 0 Å². The number of hydrogen-bond donors (Lipinski definition) is 2. The van der Waals surface area contributed by atoms with E-state index in [9.17, 15) is 4.79 Å². The van der Waals surface area contributed by atoms with Crippen LogP contribution in [-0.4, -0.2) is 25.6 Å². The summed E-state index contributed by atoms with van der Waals surface area (Å²) in [6, 6.07) is 7.49. The minimum atomic E-state index is -0.317. The molecule has 0 unspecified atom stereocenters. The molecule has 0 bridgehead atoms. The van der Waals surface area contributed by atoms with Gasteiger partial charge in [-0.25, -0.2) is 0 Å². The Morgan fingerprint density at radius 1 is 1.39 bits per heavy atom.